The molecule has 0 aromatic rings. The monoisotopic (exact) mass is 228 g/mol. The van der Waals surface area contributed by atoms with Gasteiger partial charge in [0.1, 0.15) is 12.1 Å². The van der Waals surface area contributed by atoms with Crippen LogP contribution in [0.4, 0.5) is 0 Å². The van der Waals surface area contributed by atoms with Crippen LogP contribution in [-0.2, 0) is 19.1 Å². The molecule has 0 saturated carbocycles. The van der Waals surface area contributed by atoms with E-state index < -0.39 is 18.1 Å². The summed E-state index contributed by atoms with van der Waals surface area (Å²) in [6.07, 6.45) is 1.29. The lowest BCUT2D eigenvalue weighted by atomic mass is 10.1. The normalized spacial score (nSPS) is 21.1. The molecule has 0 aromatic carbocycles. The van der Waals surface area contributed by atoms with Gasteiger partial charge in [-0.1, -0.05) is 6.92 Å². The number of rotatable bonds is 4. The third-order valence-corrected chi connectivity index (χ3v) is 2.52. The molecule has 0 bridgehead atoms. The molecule has 0 radical (unpaired) electrons. The van der Waals surface area contributed by atoms with E-state index in [0.717, 1.165) is 0 Å². The van der Waals surface area contributed by atoms with E-state index in [1.165, 1.54) is 7.11 Å². The smallest absolute Gasteiger partial charge is 0.328 e. The third-order valence-electron chi connectivity index (χ3n) is 2.52. The first-order valence-electron chi connectivity index (χ1n) is 5.26. The highest BCUT2D eigenvalue weighted by molar-refractivity contribution is 5.93. The number of carbonyl (C=O) groups is 3. The average Bonchev–Trinajstić information content (AvgIpc) is 2.71. The maximum Gasteiger partial charge on any atom is 0.328 e. The van der Waals surface area contributed by atoms with Crippen LogP contribution in [0.15, 0.2) is 0 Å². The Kier molecular flexibility index (Phi) is 4.28. The van der Waals surface area contributed by atoms with E-state index in [1.54, 1.807) is 6.92 Å². The van der Waals surface area contributed by atoms with E-state index in [9.17, 15) is 14.4 Å². The Labute approximate surface area is 93.7 Å². The number of hydrogen-bond donors (Lipinski definition) is 2. The average molecular weight is 228 g/mol. The molecule has 1 saturated heterocycles. The van der Waals surface area contributed by atoms with Crippen molar-refractivity contribution in [3.8, 4) is 0 Å². The number of hydrogen-bond acceptors (Lipinski definition) is 4. The van der Waals surface area contributed by atoms with Crippen molar-refractivity contribution >= 4 is 17.8 Å². The van der Waals surface area contributed by atoms with Gasteiger partial charge in [-0.15, -0.1) is 0 Å². The summed E-state index contributed by atoms with van der Waals surface area (Å²) in [5, 5.41) is 5.09. The lowest BCUT2D eigenvalue weighted by Gasteiger charge is -2.17. The number of methoxy groups -OCH3 is 1. The summed E-state index contributed by atoms with van der Waals surface area (Å²) in [6, 6.07) is -1.17. The Hall–Kier alpha value is -1.59. The molecule has 1 rings (SSSR count). The van der Waals surface area contributed by atoms with Crippen LogP contribution in [0.25, 0.3) is 0 Å². The van der Waals surface area contributed by atoms with Crippen molar-refractivity contribution < 1.29 is 19.1 Å². The fraction of sp³-hybridized carbons (Fsp3) is 0.700. The molecular weight excluding hydrogens is 212 g/mol. The zero-order chi connectivity index (χ0) is 12.1. The van der Waals surface area contributed by atoms with Crippen molar-refractivity contribution in [1.82, 2.24) is 10.6 Å². The van der Waals surface area contributed by atoms with Gasteiger partial charge in [0.25, 0.3) is 0 Å². The Bertz CT molecular complexity index is 303. The van der Waals surface area contributed by atoms with Crippen LogP contribution in [0.5, 0.6) is 0 Å². The van der Waals surface area contributed by atoms with Crippen molar-refractivity contribution in [2.24, 2.45) is 0 Å². The predicted molar refractivity (Wildman–Crippen MR) is 55.4 cm³/mol. The van der Waals surface area contributed by atoms with Gasteiger partial charge in [-0.2, -0.15) is 0 Å². The van der Waals surface area contributed by atoms with Crippen molar-refractivity contribution in [2.75, 3.05) is 7.11 Å². The van der Waals surface area contributed by atoms with Crippen LogP contribution >= 0.6 is 0 Å². The van der Waals surface area contributed by atoms with E-state index in [0.29, 0.717) is 19.3 Å². The van der Waals surface area contributed by atoms with Gasteiger partial charge in [-0.05, 0) is 12.8 Å². The largest absolute Gasteiger partial charge is 0.467 e. The molecule has 1 heterocycles. The fourth-order valence-electron chi connectivity index (χ4n) is 1.55. The summed E-state index contributed by atoms with van der Waals surface area (Å²) in [7, 11) is 1.27. The lowest BCUT2D eigenvalue weighted by Crippen LogP contribution is -2.48. The number of ether oxygens (including phenoxy) is 1. The molecule has 2 atom stereocenters. The lowest BCUT2D eigenvalue weighted by molar-refractivity contribution is -0.145. The summed E-state index contributed by atoms with van der Waals surface area (Å²) in [5.41, 5.74) is 0. The standard InChI is InChI=1S/C10H16N2O4/c1-3-6(10(15)16-2)12-9(14)7-4-5-8(13)11-7/h6-7H,3-5H2,1-2H3,(H,11,13)(H,12,14)/t6-,7+/m0/s1. The first kappa shape index (κ1) is 12.5. The quantitative estimate of drug-likeness (QED) is 0.625. The van der Waals surface area contributed by atoms with Gasteiger partial charge in [0, 0.05) is 6.42 Å². The second-order valence-corrected chi connectivity index (χ2v) is 3.65. The number of nitrogens with one attached hydrogen (secondary N) is 2. The Morgan fingerprint density at radius 3 is 2.75 bits per heavy atom. The van der Waals surface area contributed by atoms with Gasteiger partial charge in [0.2, 0.25) is 11.8 Å². The van der Waals surface area contributed by atoms with Gasteiger partial charge < -0.3 is 15.4 Å². The molecule has 16 heavy (non-hydrogen) atoms. The molecule has 1 fully saturated rings. The highest BCUT2D eigenvalue weighted by atomic mass is 16.5. The van der Waals surface area contributed by atoms with Gasteiger partial charge in [0.05, 0.1) is 7.11 Å². The molecule has 6 heteroatoms. The maximum atomic E-state index is 11.6. The van der Waals surface area contributed by atoms with Crippen molar-refractivity contribution in [1.29, 1.82) is 0 Å². The highest BCUT2D eigenvalue weighted by Crippen LogP contribution is 2.07. The predicted octanol–water partition coefficient (Wildman–Crippen LogP) is -0.667. The molecule has 0 spiro atoms. The van der Waals surface area contributed by atoms with E-state index in [2.05, 4.69) is 15.4 Å². The Morgan fingerprint density at radius 1 is 1.62 bits per heavy atom. The second kappa shape index (κ2) is 5.48. The molecule has 90 valence electrons. The minimum absolute atomic E-state index is 0.133. The van der Waals surface area contributed by atoms with Crippen LogP contribution < -0.4 is 10.6 Å². The summed E-state index contributed by atoms with van der Waals surface area (Å²) in [6.45, 7) is 1.77. The van der Waals surface area contributed by atoms with Crippen molar-refractivity contribution in [3.05, 3.63) is 0 Å². The summed E-state index contributed by atoms with van der Waals surface area (Å²) >= 11 is 0. The number of amides is 2. The van der Waals surface area contributed by atoms with Crippen molar-refractivity contribution in [3.63, 3.8) is 0 Å². The molecule has 1 aliphatic heterocycles. The molecule has 0 aromatic heterocycles. The van der Waals surface area contributed by atoms with Gasteiger partial charge >= 0.3 is 5.97 Å². The van der Waals surface area contributed by atoms with E-state index in [4.69, 9.17) is 0 Å². The molecule has 6 nitrogen and oxygen atoms in total. The molecule has 1 aliphatic rings. The summed E-state index contributed by atoms with van der Waals surface area (Å²) in [4.78, 5) is 33.8. The molecule has 2 amide bonds. The van der Waals surface area contributed by atoms with Crippen LogP contribution in [0.3, 0.4) is 0 Å². The zero-order valence-corrected chi connectivity index (χ0v) is 9.41. The van der Waals surface area contributed by atoms with E-state index >= 15 is 0 Å². The summed E-state index contributed by atoms with van der Waals surface area (Å²) in [5.74, 6) is -0.936. The molecule has 0 aliphatic carbocycles. The number of esters is 1. The Morgan fingerprint density at radius 2 is 2.31 bits per heavy atom. The second-order valence-electron chi connectivity index (χ2n) is 3.65. The van der Waals surface area contributed by atoms with Gasteiger partial charge in [-0.25, -0.2) is 4.79 Å². The maximum absolute atomic E-state index is 11.6. The van der Waals surface area contributed by atoms with Crippen LogP contribution in [-0.4, -0.2) is 37.0 Å². The van der Waals surface area contributed by atoms with Crippen LogP contribution in [0.1, 0.15) is 26.2 Å². The van der Waals surface area contributed by atoms with E-state index in [-0.39, 0.29) is 11.8 Å². The third kappa shape index (κ3) is 2.95. The van der Waals surface area contributed by atoms with Gasteiger partial charge in [0.15, 0.2) is 0 Å². The van der Waals surface area contributed by atoms with Gasteiger partial charge in [-0.3, -0.25) is 9.59 Å². The number of carbonyl (C=O) groups excluding carboxylic acids is 3. The van der Waals surface area contributed by atoms with E-state index in [1.807, 2.05) is 0 Å². The minimum atomic E-state index is -0.644. The first-order valence-corrected chi connectivity index (χ1v) is 5.26. The Balaban J connectivity index is 2.49. The molecule has 0 unspecified atom stereocenters. The van der Waals surface area contributed by atoms with Crippen LogP contribution in [0.2, 0.25) is 0 Å². The SMILES string of the molecule is CC[C@H](NC(=O)[C@H]1CCC(=O)N1)C(=O)OC. The topological polar surface area (TPSA) is 84.5 Å². The van der Waals surface area contributed by atoms with Crippen LogP contribution in [0, 0.1) is 0 Å². The summed E-state index contributed by atoms with van der Waals surface area (Å²) < 4.78 is 4.55. The fourth-order valence-corrected chi connectivity index (χ4v) is 1.55. The molecule has 2 N–H and O–H groups in total. The minimum Gasteiger partial charge on any atom is -0.467 e. The highest BCUT2D eigenvalue weighted by Gasteiger charge is 2.29. The zero-order valence-electron chi connectivity index (χ0n) is 9.41. The molecular formula is C10H16N2O4. The van der Waals surface area contributed by atoms with Crippen molar-refractivity contribution in [2.45, 2.75) is 38.3 Å². The first-order chi connectivity index (χ1) is 7.58.